The minimum Gasteiger partial charge on any atom is -0.396 e. The first-order valence-corrected chi connectivity index (χ1v) is 13.1. The molecular formula is C23H37N3O4S. The van der Waals surface area contributed by atoms with Crippen molar-refractivity contribution in [2.45, 2.75) is 93.2 Å². The molecule has 174 valence electrons. The summed E-state index contributed by atoms with van der Waals surface area (Å²) in [5, 5.41) is 15.6. The van der Waals surface area contributed by atoms with Crippen LogP contribution in [0.1, 0.15) is 71.1 Å². The monoisotopic (exact) mass is 451 g/mol. The van der Waals surface area contributed by atoms with Gasteiger partial charge in [-0.25, -0.2) is 0 Å². The Kier molecular flexibility index (Phi) is 7.16. The summed E-state index contributed by atoms with van der Waals surface area (Å²) in [6.45, 7) is 3.18. The molecule has 3 amide bonds. The molecular weight excluding hydrogens is 414 g/mol. The molecule has 3 aliphatic heterocycles. The molecule has 4 fully saturated rings. The standard InChI is InChI=1S/C23H37N3O4S/c1-2-12-24-20(28)17-16-10-11-23(31-16)18(17)22(30)26(13-6-7-14-27)19(23)21(29)25-15-8-4-3-5-9-15/h15-19,27H,2-14H2,1H3,(H,24,28)(H,25,29)/t16-,17+,18-,19?,23?/m0/s1. The largest absolute Gasteiger partial charge is 0.396 e. The Morgan fingerprint density at radius 1 is 1.16 bits per heavy atom. The summed E-state index contributed by atoms with van der Waals surface area (Å²) in [6.07, 6.45) is 9.34. The minimum absolute atomic E-state index is 0.0251. The molecule has 0 aromatic carbocycles. The predicted octanol–water partition coefficient (Wildman–Crippen LogP) is 1.83. The summed E-state index contributed by atoms with van der Waals surface area (Å²) in [5.74, 6) is -0.847. The molecule has 4 rings (SSSR count). The van der Waals surface area contributed by atoms with Crippen molar-refractivity contribution in [3.63, 3.8) is 0 Å². The van der Waals surface area contributed by atoms with Gasteiger partial charge in [-0.15, -0.1) is 11.8 Å². The number of likely N-dealkylation sites (tertiary alicyclic amines) is 1. The van der Waals surface area contributed by atoms with Crippen molar-refractivity contribution in [3.8, 4) is 0 Å². The van der Waals surface area contributed by atoms with Crippen molar-refractivity contribution in [3.05, 3.63) is 0 Å². The van der Waals surface area contributed by atoms with E-state index < -0.39 is 16.7 Å². The third kappa shape index (κ3) is 4.10. The third-order valence-corrected chi connectivity index (χ3v) is 9.61. The lowest BCUT2D eigenvalue weighted by molar-refractivity contribution is -0.140. The van der Waals surface area contributed by atoms with Crippen molar-refractivity contribution in [1.29, 1.82) is 0 Å². The number of rotatable bonds is 9. The number of aliphatic hydroxyl groups is 1. The van der Waals surface area contributed by atoms with Crippen LogP contribution in [-0.4, -0.2) is 69.5 Å². The van der Waals surface area contributed by atoms with Crippen molar-refractivity contribution in [2.75, 3.05) is 19.7 Å². The zero-order chi connectivity index (χ0) is 22.0. The zero-order valence-corrected chi connectivity index (χ0v) is 19.4. The van der Waals surface area contributed by atoms with Gasteiger partial charge in [0.25, 0.3) is 0 Å². The van der Waals surface area contributed by atoms with Crippen LogP contribution in [0.2, 0.25) is 0 Å². The molecule has 3 saturated heterocycles. The maximum atomic E-state index is 13.7. The molecule has 0 radical (unpaired) electrons. The zero-order valence-electron chi connectivity index (χ0n) is 18.6. The molecule has 7 nitrogen and oxygen atoms in total. The van der Waals surface area contributed by atoms with Gasteiger partial charge in [-0.2, -0.15) is 0 Å². The van der Waals surface area contributed by atoms with E-state index in [0.29, 0.717) is 25.9 Å². The van der Waals surface area contributed by atoms with E-state index in [0.717, 1.165) is 44.9 Å². The van der Waals surface area contributed by atoms with Crippen LogP contribution < -0.4 is 10.6 Å². The Labute approximate surface area is 189 Å². The van der Waals surface area contributed by atoms with Gasteiger partial charge in [-0.05, 0) is 44.9 Å². The maximum Gasteiger partial charge on any atom is 0.244 e. The van der Waals surface area contributed by atoms with E-state index in [1.165, 1.54) is 6.42 Å². The number of hydrogen-bond acceptors (Lipinski definition) is 5. The topological polar surface area (TPSA) is 98.7 Å². The molecule has 1 saturated carbocycles. The Balaban J connectivity index is 1.59. The summed E-state index contributed by atoms with van der Waals surface area (Å²) in [4.78, 5) is 42.0. The molecule has 8 heteroatoms. The molecule has 0 aromatic heterocycles. The SMILES string of the molecule is CCCNC(=O)[C@@H]1[C@@H]2CCC3(S2)C(C(=O)NC2CCCCC2)N(CCCCO)C(=O)[C@H]13. The smallest absolute Gasteiger partial charge is 0.244 e. The van der Waals surface area contributed by atoms with Gasteiger partial charge in [-0.3, -0.25) is 14.4 Å². The Morgan fingerprint density at radius 3 is 2.65 bits per heavy atom. The van der Waals surface area contributed by atoms with Crippen molar-refractivity contribution >= 4 is 29.5 Å². The van der Waals surface area contributed by atoms with Crippen LogP contribution in [0.5, 0.6) is 0 Å². The van der Waals surface area contributed by atoms with Gasteiger partial charge in [-0.1, -0.05) is 26.2 Å². The molecule has 1 spiro atoms. The van der Waals surface area contributed by atoms with E-state index in [-0.39, 0.29) is 41.5 Å². The number of unbranched alkanes of at least 4 members (excludes halogenated alkanes) is 1. The number of thioether (sulfide) groups is 1. The lowest BCUT2D eigenvalue weighted by Gasteiger charge is -2.35. The predicted molar refractivity (Wildman–Crippen MR) is 120 cm³/mol. The fourth-order valence-electron chi connectivity index (χ4n) is 6.28. The molecule has 4 aliphatic rings. The Hall–Kier alpha value is -1.28. The van der Waals surface area contributed by atoms with Gasteiger partial charge >= 0.3 is 0 Å². The molecule has 3 N–H and O–H groups in total. The number of hydrogen-bond donors (Lipinski definition) is 3. The van der Waals surface area contributed by atoms with Crippen LogP contribution in [0.15, 0.2) is 0 Å². The summed E-state index contributed by atoms with van der Waals surface area (Å²) in [5.41, 5.74) is 0. The highest BCUT2D eigenvalue weighted by Gasteiger charge is 2.73. The number of amides is 3. The molecule has 0 aromatic rings. The summed E-state index contributed by atoms with van der Waals surface area (Å²) < 4.78 is -0.492. The van der Waals surface area contributed by atoms with Crippen molar-refractivity contribution < 1.29 is 19.5 Å². The average molecular weight is 452 g/mol. The maximum absolute atomic E-state index is 13.7. The van der Waals surface area contributed by atoms with Gasteiger partial charge in [0.05, 0.1) is 16.6 Å². The third-order valence-electron chi connectivity index (χ3n) is 7.66. The second-order valence-corrected chi connectivity index (χ2v) is 11.3. The number of nitrogens with zero attached hydrogens (tertiary/aromatic N) is 1. The lowest BCUT2D eigenvalue weighted by atomic mass is 9.70. The van der Waals surface area contributed by atoms with Gasteiger partial charge in [0.2, 0.25) is 17.7 Å². The van der Waals surface area contributed by atoms with E-state index in [4.69, 9.17) is 0 Å². The lowest BCUT2D eigenvalue weighted by Crippen LogP contribution is -2.55. The van der Waals surface area contributed by atoms with E-state index in [9.17, 15) is 19.5 Å². The first-order valence-electron chi connectivity index (χ1n) is 12.2. The normalized spacial score (nSPS) is 34.8. The Morgan fingerprint density at radius 2 is 1.94 bits per heavy atom. The van der Waals surface area contributed by atoms with Gasteiger partial charge < -0.3 is 20.6 Å². The Bertz CT molecular complexity index is 698. The van der Waals surface area contributed by atoms with E-state index >= 15 is 0 Å². The highest BCUT2D eigenvalue weighted by atomic mass is 32.2. The second kappa shape index (κ2) is 9.69. The highest BCUT2D eigenvalue weighted by molar-refractivity contribution is 8.02. The van der Waals surface area contributed by atoms with E-state index in [1.54, 1.807) is 16.7 Å². The van der Waals surface area contributed by atoms with Gasteiger partial charge in [0.1, 0.15) is 6.04 Å². The highest BCUT2D eigenvalue weighted by Crippen LogP contribution is 2.66. The first-order chi connectivity index (χ1) is 15.0. The fraction of sp³-hybridized carbons (Fsp3) is 0.870. The molecule has 2 bridgehead atoms. The first kappa shape index (κ1) is 22.9. The second-order valence-electron chi connectivity index (χ2n) is 9.65. The van der Waals surface area contributed by atoms with Crippen LogP contribution in [0.3, 0.4) is 0 Å². The molecule has 1 aliphatic carbocycles. The molecule has 31 heavy (non-hydrogen) atoms. The molecule has 2 unspecified atom stereocenters. The molecule has 5 atom stereocenters. The fourth-order valence-corrected chi connectivity index (χ4v) is 8.50. The van der Waals surface area contributed by atoms with Gasteiger partial charge in [0, 0.05) is 31.0 Å². The van der Waals surface area contributed by atoms with E-state index in [2.05, 4.69) is 10.6 Å². The number of carbonyl (C=O) groups excluding carboxylic acids is 3. The van der Waals surface area contributed by atoms with Crippen molar-refractivity contribution in [1.82, 2.24) is 15.5 Å². The van der Waals surface area contributed by atoms with Crippen LogP contribution in [-0.2, 0) is 14.4 Å². The minimum atomic E-state index is -0.510. The number of carbonyl (C=O) groups is 3. The van der Waals surface area contributed by atoms with Crippen LogP contribution in [0.4, 0.5) is 0 Å². The van der Waals surface area contributed by atoms with Crippen LogP contribution in [0.25, 0.3) is 0 Å². The van der Waals surface area contributed by atoms with Gasteiger partial charge in [0.15, 0.2) is 0 Å². The van der Waals surface area contributed by atoms with Crippen LogP contribution in [0, 0.1) is 11.8 Å². The number of fused-ring (bicyclic) bond motifs is 1. The average Bonchev–Trinajstić information content (AvgIpc) is 3.40. The summed E-state index contributed by atoms with van der Waals surface area (Å²) >= 11 is 1.73. The number of aliphatic hydroxyl groups excluding tert-OH is 1. The number of nitrogens with one attached hydrogen (secondary N) is 2. The molecule has 3 heterocycles. The van der Waals surface area contributed by atoms with Crippen molar-refractivity contribution in [2.24, 2.45) is 11.8 Å². The summed E-state index contributed by atoms with van der Waals surface area (Å²) in [7, 11) is 0. The van der Waals surface area contributed by atoms with Crippen LogP contribution >= 0.6 is 11.8 Å². The summed E-state index contributed by atoms with van der Waals surface area (Å²) in [6, 6.07) is -0.317. The quantitative estimate of drug-likeness (QED) is 0.465. The van der Waals surface area contributed by atoms with E-state index in [1.807, 2.05) is 6.92 Å².